The van der Waals surface area contributed by atoms with Gasteiger partial charge >= 0.3 is 0 Å². The highest BCUT2D eigenvalue weighted by molar-refractivity contribution is 5.93. The van der Waals surface area contributed by atoms with Crippen molar-refractivity contribution in [2.24, 2.45) is 0 Å². The van der Waals surface area contributed by atoms with Gasteiger partial charge in [0.2, 0.25) is 5.91 Å². The summed E-state index contributed by atoms with van der Waals surface area (Å²) in [6.07, 6.45) is 2.81. The zero-order valence-electron chi connectivity index (χ0n) is 14.6. The van der Waals surface area contributed by atoms with Crippen LogP contribution < -0.4 is 10.6 Å². The lowest BCUT2D eigenvalue weighted by molar-refractivity contribution is -0.118. The van der Waals surface area contributed by atoms with Gasteiger partial charge in [-0.1, -0.05) is 6.92 Å². The van der Waals surface area contributed by atoms with Crippen molar-refractivity contribution in [2.45, 2.75) is 45.4 Å². The van der Waals surface area contributed by atoms with Crippen LogP contribution in [0.3, 0.4) is 0 Å². The van der Waals surface area contributed by atoms with Crippen LogP contribution in [0, 0.1) is 0 Å². The number of aromatic nitrogens is 2. The van der Waals surface area contributed by atoms with Crippen molar-refractivity contribution in [1.29, 1.82) is 0 Å². The molecule has 2 heterocycles. The second-order valence-corrected chi connectivity index (χ2v) is 6.29. The first-order chi connectivity index (χ1) is 11.0. The topological polar surface area (TPSA) is 71.4 Å². The lowest BCUT2D eigenvalue weighted by atomic mass is 10.2. The van der Waals surface area contributed by atoms with Crippen LogP contribution in [-0.2, 0) is 9.53 Å². The zero-order valence-corrected chi connectivity index (χ0v) is 14.6. The fourth-order valence-corrected chi connectivity index (χ4v) is 2.56. The molecule has 1 fully saturated rings. The minimum Gasteiger partial charge on any atom is -0.374 e. The molecule has 0 bridgehead atoms. The van der Waals surface area contributed by atoms with Gasteiger partial charge in [-0.3, -0.25) is 4.79 Å². The molecule has 0 spiro atoms. The normalized spacial score (nSPS) is 21.8. The van der Waals surface area contributed by atoms with Crippen molar-refractivity contribution >= 4 is 11.7 Å². The second kappa shape index (κ2) is 8.42. The Hall–Kier alpha value is -1.44. The van der Waals surface area contributed by atoms with Crippen molar-refractivity contribution < 1.29 is 9.53 Å². The molecule has 7 nitrogen and oxygen atoms in total. The van der Waals surface area contributed by atoms with Crippen LogP contribution in [0.5, 0.6) is 0 Å². The third-order valence-electron chi connectivity index (χ3n) is 4.32. The summed E-state index contributed by atoms with van der Waals surface area (Å²) < 4.78 is 7.55. The minimum absolute atomic E-state index is 0.0563. The standard InChI is InChI=1S/C16H29N5O2/c1-5-12(2)21-15(6-7-18-21)19-16(22)13(3)17-10-14-11-20(4)8-9-23-14/h6-7,12-14,17H,5,8-11H2,1-4H3,(H,19,22)/t12-,13+,14+/m0/s1. The quantitative estimate of drug-likeness (QED) is 0.786. The molecule has 1 aromatic heterocycles. The number of likely N-dealkylation sites (N-methyl/N-ethyl adjacent to an activating group) is 1. The fraction of sp³-hybridized carbons (Fsp3) is 0.750. The van der Waals surface area contributed by atoms with E-state index in [2.05, 4.69) is 41.5 Å². The smallest absolute Gasteiger partial charge is 0.242 e. The van der Waals surface area contributed by atoms with E-state index in [1.807, 2.05) is 17.7 Å². The first kappa shape index (κ1) is 17.9. The van der Waals surface area contributed by atoms with Crippen LogP contribution in [0.25, 0.3) is 0 Å². The highest BCUT2D eigenvalue weighted by Gasteiger charge is 2.21. The SMILES string of the molecule is CC[C@H](C)n1nccc1NC(=O)[C@@H](C)NC[C@@H]1CN(C)CCO1. The van der Waals surface area contributed by atoms with Gasteiger partial charge < -0.3 is 20.3 Å². The van der Waals surface area contributed by atoms with Gasteiger partial charge in [0, 0.05) is 25.7 Å². The fourth-order valence-electron chi connectivity index (χ4n) is 2.56. The summed E-state index contributed by atoms with van der Waals surface area (Å²) in [4.78, 5) is 14.6. The van der Waals surface area contributed by atoms with Gasteiger partial charge in [0.1, 0.15) is 5.82 Å². The molecule has 0 radical (unpaired) electrons. The first-order valence-electron chi connectivity index (χ1n) is 8.39. The summed E-state index contributed by atoms with van der Waals surface area (Å²) in [7, 11) is 2.09. The first-order valence-corrected chi connectivity index (χ1v) is 8.39. The third kappa shape index (κ3) is 5.02. The average molecular weight is 323 g/mol. The molecule has 2 N–H and O–H groups in total. The van der Waals surface area contributed by atoms with E-state index in [0.29, 0.717) is 6.54 Å². The maximum atomic E-state index is 12.3. The van der Waals surface area contributed by atoms with Crippen LogP contribution in [-0.4, -0.2) is 66.0 Å². The molecule has 0 aliphatic carbocycles. The molecule has 2 rings (SSSR count). The van der Waals surface area contributed by atoms with E-state index >= 15 is 0 Å². The molecule has 0 unspecified atom stereocenters. The molecule has 23 heavy (non-hydrogen) atoms. The van der Waals surface area contributed by atoms with Crippen LogP contribution >= 0.6 is 0 Å². The Morgan fingerprint density at radius 1 is 1.52 bits per heavy atom. The number of carbonyl (C=O) groups is 1. The van der Waals surface area contributed by atoms with Crippen LogP contribution in [0.15, 0.2) is 12.3 Å². The predicted octanol–water partition coefficient (Wildman–Crippen LogP) is 1.10. The van der Waals surface area contributed by atoms with E-state index in [0.717, 1.165) is 31.9 Å². The molecular formula is C16H29N5O2. The average Bonchev–Trinajstić information content (AvgIpc) is 3.00. The van der Waals surface area contributed by atoms with E-state index < -0.39 is 0 Å². The Kier molecular flexibility index (Phi) is 6.56. The number of carbonyl (C=O) groups excluding carboxylic acids is 1. The Bertz CT molecular complexity index is 504. The maximum absolute atomic E-state index is 12.3. The molecule has 7 heteroatoms. The van der Waals surface area contributed by atoms with E-state index in [9.17, 15) is 4.79 Å². The van der Waals surface area contributed by atoms with Crippen molar-refractivity contribution in [1.82, 2.24) is 20.0 Å². The molecule has 1 amide bonds. The molecular weight excluding hydrogens is 294 g/mol. The van der Waals surface area contributed by atoms with Gasteiger partial charge in [0.25, 0.3) is 0 Å². The number of morpholine rings is 1. The minimum atomic E-state index is -0.286. The number of nitrogens with zero attached hydrogens (tertiary/aromatic N) is 3. The Balaban J connectivity index is 1.82. The second-order valence-electron chi connectivity index (χ2n) is 6.29. The van der Waals surface area contributed by atoms with Gasteiger partial charge in [-0.05, 0) is 27.3 Å². The van der Waals surface area contributed by atoms with E-state index in [1.54, 1.807) is 6.20 Å². The number of ether oxygens (including phenoxy) is 1. The Morgan fingerprint density at radius 2 is 2.30 bits per heavy atom. The maximum Gasteiger partial charge on any atom is 0.242 e. The summed E-state index contributed by atoms with van der Waals surface area (Å²) in [5.74, 6) is 0.686. The van der Waals surface area contributed by atoms with Gasteiger partial charge in [-0.15, -0.1) is 0 Å². The monoisotopic (exact) mass is 323 g/mol. The third-order valence-corrected chi connectivity index (χ3v) is 4.32. The van der Waals surface area contributed by atoms with E-state index in [4.69, 9.17) is 4.74 Å². The van der Waals surface area contributed by atoms with Gasteiger partial charge in [0.15, 0.2) is 0 Å². The number of hydrogen-bond acceptors (Lipinski definition) is 5. The number of anilines is 1. The number of rotatable bonds is 7. The number of hydrogen-bond donors (Lipinski definition) is 2. The predicted molar refractivity (Wildman–Crippen MR) is 90.6 cm³/mol. The highest BCUT2D eigenvalue weighted by atomic mass is 16.5. The Morgan fingerprint density at radius 3 is 3.00 bits per heavy atom. The molecule has 1 aliphatic heterocycles. The molecule has 1 aliphatic rings. The van der Waals surface area contributed by atoms with Crippen molar-refractivity contribution in [3.63, 3.8) is 0 Å². The molecule has 3 atom stereocenters. The summed E-state index contributed by atoms with van der Waals surface area (Å²) in [5.41, 5.74) is 0. The van der Waals surface area contributed by atoms with Crippen LogP contribution in [0.4, 0.5) is 5.82 Å². The van der Waals surface area contributed by atoms with Gasteiger partial charge in [-0.2, -0.15) is 5.10 Å². The lowest BCUT2D eigenvalue weighted by Gasteiger charge is -2.30. The molecule has 130 valence electrons. The van der Waals surface area contributed by atoms with Crippen molar-refractivity contribution in [3.8, 4) is 0 Å². The molecule has 1 aromatic rings. The zero-order chi connectivity index (χ0) is 16.8. The number of amides is 1. The van der Waals surface area contributed by atoms with Gasteiger partial charge in [-0.25, -0.2) is 4.68 Å². The summed E-state index contributed by atoms with van der Waals surface area (Å²) in [5, 5.41) is 10.5. The molecule has 0 aromatic carbocycles. The van der Waals surface area contributed by atoms with Crippen molar-refractivity contribution in [2.75, 3.05) is 38.6 Å². The van der Waals surface area contributed by atoms with E-state index in [-0.39, 0.29) is 24.1 Å². The van der Waals surface area contributed by atoms with E-state index in [1.165, 1.54) is 0 Å². The Labute approximate surface area is 138 Å². The summed E-state index contributed by atoms with van der Waals surface area (Å²) >= 11 is 0. The summed E-state index contributed by atoms with van der Waals surface area (Å²) in [6, 6.07) is 1.80. The number of nitrogens with one attached hydrogen (secondary N) is 2. The molecule has 0 saturated carbocycles. The highest BCUT2D eigenvalue weighted by Crippen LogP contribution is 2.16. The van der Waals surface area contributed by atoms with Crippen molar-refractivity contribution in [3.05, 3.63) is 12.3 Å². The largest absolute Gasteiger partial charge is 0.374 e. The van der Waals surface area contributed by atoms with Gasteiger partial charge in [0.05, 0.1) is 31.0 Å². The van der Waals surface area contributed by atoms with Crippen LogP contribution in [0.2, 0.25) is 0 Å². The summed E-state index contributed by atoms with van der Waals surface area (Å²) in [6.45, 7) is 9.33. The molecule has 1 saturated heterocycles. The van der Waals surface area contributed by atoms with Crippen LogP contribution in [0.1, 0.15) is 33.2 Å². The lowest BCUT2D eigenvalue weighted by Crippen LogP contribution is -2.48.